The SMILES string of the molecule is CCCCNC(=O)C1CCN(C(=O)OC)CC1. The molecule has 1 fully saturated rings. The van der Waals surface area contributed by atoms with Gasteiger partial charge in [0.1, 0.15) is 0 Å². The van der Waals surface area contributed by atoms with Crippen LogP contribution in [0.3, 0.4) is 0 Å². The van der Waals surface area contributed by atoms with Crippen molar-refractivity contribution in [1.29, 1.82) is 0 Å². The van der Waals surface area contributed by atoms with Crippen molar-refractivity contribution >= 4 is 12.0 Å². The Bertz CT molecular complexity index is 260. The Kier molecular flexibility index (Phi) is 5.80. The largest absolute Gasteiger partial charge is 0.453 e. The van der Waals surface area contributed by atoms with Crippen molar-refractivity contribution in [3.63, 3.8) is 0 Å². The lowest BCUT2D eigenvalue weighted by Gasteiger charge is -2.30. The van der Waals surface area contributed by atoms with Crippen molar-refractivity contribution < 1.29 is 14.3 Å². The second-order valence-electron chi connectivity index (χ2n) is 4.38. The van der Waals surface area contributed by atoms with E-state index in [9.17, 15) is 9.59 Å². The van der Waals surface area contributed by atoms with Crippen LogP contribution in [0.5, 0.6) is 0 Å². The molecule has 0 bridgehead atoms. The minimum Gasteiger partial charge on any atom is -0.453 e. The molecule has 98 valence electrons. The van der Waals surface area contributed by atoms with E-state index in [4.69, 9.17) is 0 Å². The van der Waals surface area contributed by atoms with Crippen molar-refractivity contribution in [3.8, 4) is 0 Å². The van der Waals surface area contributed by atoms with Crippen molar-refractivity contribution in [2.45, 2.75) is 32.6 Å². The second kappa shape index (κ2) is 7.14. The van der Waals surface area contributed by atoms with Crippen molar-refractivity contribution in [2.75, 3.05) is 26.7 Å². The van der Waals surface area contributed by atoms with Gasteiger partial charge >= 0.3 is 6.09 Å². The molecule has 1 heterocycles. The van der Waals surface area contributed by atoms with Gasteiger partial charge in [0, 0.05) is 25.6 Å². The monoisotopic (exact) mass is 242 g/mol. The van der Waals surface area contributed by atoms with Gasteiger partial charge in [-0.3, -0.25) is 4.79 Å². The number of hydrogen-bond donors (Lipinski definition) is 1. The lowest BCUT2D eigenvalue weighted by molar-refractivity contribution is -0.126. The van der Waals surface area contributed by atoms with Crippen LogP contribution in [0.25, 0.3) is 0 Å². The molecular formula is C12H22N2O3. The van der Waals surface area contributed by atoms with E-state index in [1.54, 1.807) is 4.90 Å². The summed E-state index contributed by atoms with van der Waals surface area (Å²) in [6, 6.07) is 0. The van der Waals surface area contributed by atoms with Gasteiger partial charge in [-0.25, -0.2) is 4.79 Å². The summed E-state index contributed by atoms with van der Waals surface area (Å²) < 4.78 is 4.65. The number of carbonyl (C=O) groups is 2. The minimum absolute atomic E-state index is 0.0489. The zero-order valence-electron chi connectivity index (χ0n) is 10.7. The van der Waals surface area contributed by atoms with Crippen LogP contribution >= 0.6 is 0 Å². The number of nitrogens with zero attached hydrogens (tertiary/aromatic N) is 1. The lowest BCUT2D eigenvalue weighted by Crippen LogP contribution is -2.43. The summed E-state index contributed by atoms with van der Waals surface area (Å²) in [6.07, 6.45) is 3.27. The highest BCUT2D eigenvalue weighted by molar-refractivity contribution is 5.79. The van der Waals surface area contributed by atoms with Crippen LogP contribution in [0.15, 0.2) is 0 Å². The molecular weight excluding hydrogens is 220 g/mol. The van der Waals surface area contributed by atoms with Gasteiger partial charge in [0.15, 0.2) is 0 Å². The number of amides is 2. The quantitative estimate of drug-likeness (QED) is 0.758. The summed E-state index contributed by atoms with van der Waals surface area (Å²) in [6.45, 7) is 4.07. The number of piperidine rings is 1. The number of likely N-dealkylation sites (tertiary alicyclic amines) is 1. The van der Waals surface area contributed by atoms with Crippen molar-refractivity contribution in [3.05, 3.63) is 0 Å². The Morgan fingerprint density at radius 2 is 2.00 bits per heavy atom. The van der Waals surface area contributed by atoms with Gasteiger partial charge in [-0.05, 0) is 19.3 Å². The smallest absolute Gasteiger partial charge is 0.409 e. The average Bonchev–Trinajstić information content (AvgIpc) is 2.38. The molecule has 1 aliphatic rings. The first-order chi connectivity index (χ1) is 8.19. The summed E-state index contributed by atoms with van der Waals surface area (Å²) >= 11 is 0. The fourth-order valence-corrected chi connectivity index (χ4v) is 1.99. The van der Waals surface area contributed by atoms with Crippen molar-refractivity contribution in [2.24, 2.45) is 5.92 Å². The van der Waals surface area contributed by atoms with Crippen LogP contribution in [0.4, 0.5) is 4.79 Å². The number of carbonyl (C=O) groups excluding carboxylic acids is 2. The van der Waals surface area contributed by atoms with Gasteiger partial charge in [-0.1, -0.05) is 13.3 Å². The van der Waals surface area contributed by atoms with E-state index in [1.165, 1.54) is 7.11 Å². The molecule has 1 rings (SSSR count). The molecule has 1 aliphatic heterocycles. The number of unbranched alkanes of at least 4 members (excludes halogenated alkanes) is 1. The van der Waals surface area contributed by atoms with E-state index in [0.29, 0.717) is 13.1 Å². The van der Waals surface area contributed by atoms with Crippen LogP contribution in [-0.2, 0) is 9.53 Å². The van der Waals surface area contributed by atoms with Gasteiger partial charge in [0.2, 0.25) is 5.91 Å². The molecule has 0 spiro atoms. The fourth-order valence-electron chi connectivity index (χ4n) is 1.99. The van der Waals surface area contributed by atoms with E-state index >= 15 is 0 Å². The maximum Gasteiger partial charge on any atom is 0.409 e. The first-order valence-corrected chi connectivity index (χ1v) is 6.29. The molecule has 0 aromatic heterocycles. The minimum atomic E-state index is -0.296. The summed E-state index contributed by atoms with van der Waals surface area (Å²) in [4.78, 5) is 24.7. The summed E-state index contributed by atoms with van der Waals surface area (Å²) in [5.41, 5.74) is 0. The van der Waals surface area contributed by atoms with Crippen LogP contribution in [-0.4, -0.2) is 43.6 Å². The molecule has 5 nitrogen and oxygen atoms in total. The summed E-state index contributed by atoms with van der Waals surface area (Å²) in [5, 5.41) is 2.94. The number of nitrogens with one attached hydrogen (secondary N) is 1. The lowest BCUT2D eigenvalue weighted by atomic mass is 9.96. The molecule has 0 saturated carbocycles. The summed E-state index contributed by atoms with van der Waals surface area (Å²) in [5.74, 6) is 0.177. The molecule has 0 atom stereocenters. The van der Waals surface area contributed by atoms with Crippen LogP contribution < -0.4 is 5.32 Å². The molecule has 17 heavy (non-hydrogen) atoms. The Balaban J connectivity index is 2.26. The molecule has 0 aromatic carbocycles. The van der Waals surface area contributed by atoms with Crippen molar-refractivity contribution in [1.82, 2.24) is 10.2 Å². The third-order valence-electron chi connectivity index (χ3n) is 3.13. The van der Waals surface area contributed by atoms with Crippen LogP contribution in [0.1, 0.15) is 32.6 Å². The first kappa shape index (κ1) is 13.8. The third kappa shape index (κ3) is 4.24. The third-order valence-corrected chi connectivity index (χ3v) is 3.13. The highest BCUT2D eigenvalue weighted by atomic mass is 16.5. The Hall–Kier alpha value is -1.26. The fraction of sp³-hybridized carbons (Fsp3) is 0.833. The predicted molar refractivity (Wildman–Crippen MR) is 64.6 cm³/mol. The van der Waals surface area contributed by atoms with E-state index in [0.717, 1.165) is 32.2 Å². The summed E-state index contributed by atoms with van der Waals surface area (Å²) in [7, 11) is 1.38. The van der Waals surface area contributed by atoms with Crippen LogP contribution in [0, 0.1) is 5.92 Å². The van der Waals surface area contributed by atoms with Crippen LogP contribution in [0.2, 0.25) is 0 Å². The molecule has 1 N–H and O–H groups in total. The average molecular weight is 242 g/mol. The number of hydrogen-bond acceptors (Lipinski definition) is 3. The normalized spacial score (nSPS) is 16.7. The molecule has 1 saturated heterocycles. The Morgan fingerprint density at radius 1 is 1.35 bits per heavy atom. The molecule has 0 unspecified atom stereocenters. The van der Waals surface area contributed by atoms with Gasteiger partial charge in [0.25, 0.3) is 0 Å². The van der Waals surface area contributed by atoms with E-state index < -0.39 is 0 Å². The standard InChI is InChI=1S/C12H22N2O3/c1-3-4-7-13-11(15)10-5-8-14(9-6-10)12(16)17-2/h10H,3-9H2,1-2H3,(H,13,15). The molecule has 0 aliphatic carbocycles. The zero-order chi connectivity index (χ0) is 12.7. The van der Waals surface area contributed by atoms with Gasteiger partial charge in [-0.2, -0.15) is 0 Å². The second-order valence-corrected chi connectivity index (χ2v) is 4.38. The van der Waals surface area contributed by atoms with E-state index in [2.05, 4.69) is 17.0 Å². The topological polar surface area (TPSA) is 58.6 Å². The molecule has 2 amide bonds. The van der Waals surface area contributed by atoms with Gasteiger partial charge in [-0.15, -0.1) is 0 Å². The maximum atomic E-state index is 11.8. The number of ether oxygens (including phenoxy) is 1. The van der Waals surface area contributed by atoms with E-state index in [-0.39, 0.29) is 17.9 Å². The molecule has 0 aromatic rings. The Labute approximate surface area is 102 Å². The number of rotatable bonds is 4. The zero-order valence-corrected chi connectivity index (χ0v) is 10.7. The van der Waals surface area contributed by atoms with Gasteiger partial charge in [0.05, 0.1) is 7.11 Å². The number of methoxy groups -OCH3 is 1. The van der Waals surface area contributed by atoms with E-state index in [1.807, 2.05) is 0 Å². The predicted octanol–water partition coefficient (Wildman–Crippen LogP) is 1.38. The highest BCUT2D eigenvalue weighted by Gasteiger charge is 2.27. The highest BCUT2D eigenvalue weighted by Crippen LogP contribution is 2.17. The molecule has 0 radical (unpaired) electrons. The van der Waals surface area contributed by atoms with Gasteiger partial charge < -0.3 is 15.0 Å². The first-order valence-electron chi connectivity index (χ1n) is 6.29. The Morgan fingerprint density at radius 3 is 2.53 bits per heavy atom. The molecule has 5 heteroatoms. The maximum absolute atomic E-state index is 11.8.